The van der Waals surface area contributed by atoms with Crippen LogP contribution in [0.15, 0.2) is 60.7 Å². The molecule has 8 heteroatoms. The second-order valence-electron chi connectivity index (χ2n) is 8.01. The zero-order valence-corrected chi connectivity index (χ0v) is 20.1. The lowest BCUT2D eigenvalue weighted by molar-refractivity contribution is -0.140. The predicted octanol–water partition coefficient (Wildman–Crippen LogP) is 3.69. The number of rotatable bonds is 15. The van der Waals surface area contributed by atoms with Gasteiger partial charge >= 0.3 is 12.1 Å². The quantitative estimate of drug-likeness (QED) is 0.235. The van der Waals surface area contributed by atoms with E-state index >= 15 is 0 Å². The Bertz CT molecular complexity index is 945. The largest absolute Gasteiger partial charge is 0.460 e. The first-order valence-electron chi connectivity index (χ1n) is 11.7. The summed E-state index contributed by atoms with van der Waals surface area (Å²) >= 11 is 0. The van der Waals surface area contributed by atoms with Crippen LogP contribution in [-0.4, -0.2) is 71.5 Å². The molecule has 1 amide bonds. The van der Waals surface area contributed by atoms with Gasteiger partial charge in [0.1, 0.15) is 13.2 Å². The van der Waals surface area contributed by atoms with Crippen LogP contribution in [0.25, 0.3) is 11.1 Å². The Morgan fingerprint density at radius 2 is 1.29 bits per heavy atom. The van der Waals surface area contributed by atoms with Crippen LogP contribution in [0.5, 0.6) is 0 Å². The van der Waals surface area contributed by atoms with Crippen LogP contribution in [0, 0.1) is 0 Å². The van der Waals surface area contributed by atoms with Gasteiger partial charge in [0.25, 0.3) is 0 Å². The second kappa shape index (κ2) is 14.3. The summed E-state index contributed by atoms with van der Waals surface area (Å²) in [6, 6.07) is 16.5. The molecule has 0 spiro atoms. The van der Waals surface area contributed by atoms with Gasteiger partial charge in [0.2, 0.25) is 0 Å². The minimum absolute atomic E-state index is 0.0388. The first-order valence-corrected chi connectivity index (χ1v) is 11.7. The fourth-order valence-electron chi connectivity index (χ4n) is 3.73. The monoisotopic (exact) mass is 483 g/mol. The van der Waals surface area contributed by atoms with Crippen molar-refractivity contribution < 1.29 is 33.3 Å². The van der Waals surface area contributed by atoms with E-state index in [0.717, 1.165) is 0 Å². The summed E-state index contributed by atoms with van der Waals surface area (Å²) in [6.07, 6.45) is -0.460. The number of amides is 1. The lowest BCUT2D eigenvalue weighted by atomic mass is 9.98. The van der Waals surface area contributed by atoms with Crippen molar-refractivity contribution in [1.29, 1.82) is 0 Å². The predicted molar refractivity (Wildman–Crippen MR) is 131 cm³/mol. The van der Waals surface area contributed by atoms with E-state index in [0.29, 0.717) is 51.8 Å². The molecule has 0 fully saturated rings. The van der Waals surface area contributed by atoms with E-state index in [9.17, 15) is 9.59 Å². The minimum Gasteiger partial charge on any atom is -0.460 e. The van der Waals surface area contributed by atoms with Crippen molar-refractivity contribution in [3.8, 4) is 11.1 Å². The van der Waals surface area contributed by atoms with Crippen molar-refractivity contribution in [1.82, 2.24) is 5.32 Å². The van der Waals surface area contributed by atoms with Crippen LogP contribution in [0.2, 0.25) is 0 Å². The second-order valence-corrected chi connectivity index (χ2v) is 8.01. The van der Waals surface area contributed by atoms with E-state index in [-0.39, 0.29) is 19.1 Å². The van der Waals surface area contributed by atoms with E-state index in [4.69, 9.17) is 23.7 Å². The highest BCUT2D eigenvalue weighted by Gasteiger charge is 2.28. The molecule has 0 saturated carbocycles. The van der Waals surface area contributed by atoms with Crippen LogP contribution in [0.1, 0.15) is 24.0 Å². The maximum Gasteiger partial charge on any atom is 0.407 e. The van der Waals surface area contributed by atoms with Gasteiger partial charge < -0.3 is 29.0 Å². The molecular weight excluding hydrogens is 450 g/mol. The molecule has 8 nitrogen and oxygen atoms in total. The molecule has 0 aromatic heterocycles. The highest BCUT2D eigenvalue weighted by molar-refractivity contribution is 5.86. The average Bonchev–Trinajstić information content (AvgIpc) is 3.19. The summed E-state index contributed by atoms with van der Waals surface area (Å²) in [5.74, 6) is -0.382. The standard InChI is InChI=1S/C27H33NO7/c1-20(2)26(29)34-18-17-33-16-15-32-14-13-31-12-11-28-27(30)35-19-25-23-9-5-3-7-21(23)22-8-4-6-10-24(22)25/h3-10,25H,1,11-19H2,2H3,(H,28,30). The van der Waals surface area contributed by atoms with Crippen molar-refractivity contribution in [2.75, 3.05) is 59.4 Å². The van der Waals surface area contributed by atoms with Crippen LogP contribution < -0.4 is 5.32 Å². The van der Waals surface area contributed by atoms with Gasteiger partial charge in [-0.1, -0.05) is 55.1 Å². The molecule has 3 rings (SSSR count). The Balaban J connectivity index is 1.18. The van der Waals surface area contributed by atoms with Crippen molar-refractivity contribution in [3.63, 3.8) is 0 Å². The Labute approximate surface area is 206 Å². The SMILES string of the molecule is C=C(C)C(=O)OCCOCCOCCOCCNC(=O)OCC1c2ccccc2-c2ccccc21. The maximum atomic E-state index is 12.1. The fraction of sp³-hybridized carbons (Fsp3) is 0.407. The molecule has 0 unspecified atom stereocenters. The molecular formula is C27H33NO7. The summed E-state index contributed by atoms with van der Waals surface area (Å²) in [6.45, 7) is 8.21. The Morgan fingerprint density at radius 3 is 1.86 bits per heavy atom. The van der Waals surface area contributed by atoms with Gasteiger partial charge in [0.05, 0.1) is 39.6 Å². The summed E-state index contributed by atoms with van der Waals surface area (Å²) in [7, 11) is 0. The molecule has 1 aliphatic rings. The van der Waals surface area contributed by atoms with Crippen LogP contribution >= 0.6 is 0 Å². The van der Waals surface area contributed by atoms with Gasteiger partial charge in [-0.2, -0.15) is 0 Å². The van der Waals surface area contributed by atoms with Crippen molar-refractivity contribution >= 4 is 12.1 Å². The molecule has 1 aliphatic carbocycles. The van der Waals surface area contributed by atoms with Gasteiger partial charge in [-0.15, -0.1) is 0 Å². The molecule has 0 atom stereocenters. The zero-order valence-electron chi connectivity index (χ0n) is 20.1. The molecule has 1 N–H and O–H groups in total. The molecule has 0 radical (unpaired) electrons. The average molecular weight is 484 g/mol. The van der Waals surface area contributed by atoms with E-state index in [1.54, 1.807) is 6.92 Å². The molecule has 0 saturated heterocycles. The number of hydrogen-bond acceptors (Lipinski definition) is 7. The Hall–Kier alpha value is -3.20. The number of carbonyl (C=O) groups excluding carboxylic acids is 2. The number of alkyl carbamates (subject to hydrolysis) is 1. The molecule has 0 aliphatic heterocycles. The van der Waals surface area contributed by atoms with Gasteiger partial charge in [0, 0.05) is 18.0 Å². The topological polar surface area (TPSA) is 92.3 Å². The third kappa shape index (κ3) is 8.20. The fourth-order valence-corrected chi connectivity index (χ4v) is 3.73. The normalized spacial score (nSPS) is 12.0. The van der Waals surface area contributed by atoms with E-state index < -0.39 is 12.1 Å². The summed E-state index contributed by atoms with van der Waals surface area (Å²) in [4.78, 5) is 23.3. The number of benzene rings is 2. The molecule has 0 bridgehead atoms. The highest BCUT2D eigenvalue weighted by atomic mass is 16.6. The summed E-state index contributed by atoms with van der Waals surface area (Å²) in [5, 5.41) is 2.71. The van der Waals surface area contributed by atoms with Crippen LogP contribution in [-0.2, 0) is 28.5 Å². The maximum absolute atomic E-state index is 12.1. The number of hydrogen-bond donors (Lipinski definition) is 1. The number of fused-ring (bicyclic) bond motifs is 3. The smallest absolute Gasteiger partial charge is 0.407 e. The number of ether oxygens (including phenoxy) is 5. The molecule has 0 heterocycles. The third-order valence-corrected chi connectivity index (χ3v) is 5.41. The molecule has 2 aromatic carbocycles. The van der Waals surface area contributed by atoms with E-state index in [2.05, 4.69) is 36.2 Å². The Morgan fingerprint density at radius 1 is 0.771 bits per heavy atom. The number of carbonyl (C=O) groups is 2. The van der Waals surface area contributed by atoms with Gasteiger partial charge in [0.15, 0.2) is 0 Å². The lowest BCUT2D eigenvalue weighted by Crippen LogP contribution is -2.29. The zero-order chi connectivity index (χ0) is 24.9. The summed E-state index contributed by atoms with van der Waals surface area (Å²) < 4.78 is 26.5. The van der Waals surface area contributed by atoms with Crippen LogP contribution in [0.3, 0.4) is 0 Å². The van der Waals surface area contributed by atoms with Crippen molar-refractivity contribution in [3.05, 3.63) is 71.8 Å². The minimum atomic E-state index is -0.460. The van der Waals surface area contributed by atoms with E-state index in [1.165, 1.54) is 22.3 Å². The molecule has 35 heavy (non-hydrogen) atoms. The first kappa shape index (κ1) is 26.4. The number of esters is 1. The summed E-state index contributed by atoms with van der Waals surface area (Å²) in [5.41, 5.74) is 5.12. The molecule has 188 valence electrons. The lowest BCUT2D eigenvalue weighted by Gasteiger charge is -2.14. The highest BCUT2D eigenvalue weighted by Crippen LogP contribution is 2.44. The van der Waals surface area contributed by atoms with E-state index in [1.807, 2.05) is 24.3 Å². The van der Waals surface area contributed by atoms with Crippen LogP contribution in [0.4, 0.5) is 4.79 Å². The number of nitrogens with one attached hydrogen (secondary N) is 1. The first-order chi connectivity index (χ1) is 17.1. The third-order valence-electron chi connectivity index (χ3n) is 5.41. The molecule has 2 aromatic rings. The van der Waals surface area contributed by atoms with Gasteiger partial charge in [-0.3, -0.25) is 0 Å². The van der Waals surface area contributed by atoms with Crippen molar-refractivity contribution in [2.45, 2.75) is 12.8 Å². The van der Waals surface area contributed by atoms with Gasteiger partial charge in [-0.05, 0) is 29.2 Å². The van der Waals surface area contributed by atoms with Crippen molar-refractivity contribution in [2.24, 2.45) is 0 Å². The van der Waals surface area contributed by atoms with Gasteiger partial charge in [-0.25, -0.2) is 9.59 Å². The Kier molecular flexibility index (Phi) is 10.8.